The minimum absolute atomic E-state index is 0.0195. The highest BCUT2D eigenvalue weighted by molar-refractivity contribution is 7.10. The zero-order chi connectivity index (χ0) is 13.8. The second-order valence-corrected chi connectivity index (χ2v) is 5.32. The first-order valence-electron chi connectivity index (χ1n) is 5.95. The fraction of sp³-hybridized carbons (Fsp3) is 0.417. The van der Waals surface area contributed by atoms with Gasteiger partial charge in [0.25, 0.3) is 0 Å². The summed E-state index contributed by atoms with van der Waals surface area (Å²) >= 11 is 1.73. The Hall–Kier alpha value is -1.73. The molecular weight excluding hydrogens is 264 g/mol. The van der Waals surface area contributed by atoms with E-state index in [1.165, 1.54) is 11.1 Å². The lowest BCUT2D eigenvalue weighted by Gasteiger charge is -2.23. The first-order valence-corrected chi connectivity index (χ1v) is 6.83. The predicted molar refractivity (Wildman–Crippen MR) is 72.3 cm³/mol. The molecule has 2 aromatic heterocycles. The van der Waals surface area contributed by atoms with Crippen molar-refractivity contribution in [1.29, 1.82) is 0 Å². The fourth-order valence-electron chi connectivity index (χ4n) is 1.71. The number of nitrogens with zero attached hydrogens (tertiary/aromatic N) is 4. The summed E-state index contributed by atoms with van der Waals surface area (Å²) in [5, 5.41) is 18.2. The molecule has 0 aromatic carbocycles. The van der Waals surface area contributed by atoms with Crippen molar-refractivity contribution in [3.05, 3.63) is 34.3 Å². The van der Waals surface area contributed by atoms with E-state index < -0.39 is 5.97 Å². The number of hydrogen-bond acceptors (Lipinski definition) is 5. The highest BCUT2D eigenvalue weighted by atomic mass is 32.1. The van der Waals surface area contributed by atoms with Crippen molar-refractivity contribution in [2.24, 2.45) is 0 Å². The Balaban J connectivity index is 1.89. The fourth-order valence-corrected chi connectivity index (χ4v) is 2.55. The molecule has 0 radical (unpaired) electrons. The van der Waals surface area contributed by atoms with Crippen molar-refractivity contribution >= 4 is 17.3 Å². The molecule has 0 saturated carbocycles. The van der Waals surface area contributed by atoms with Gasteiger partial charge in [-0.25, -0.2) is 4.79 Å². The van der Waals surface area contributed by atoms with E-state index in [0.717, 1.165) is 6.54 Å². The minimum atomic E-state index is -1.05. The SMILES string of the molecule is CC(c1cccs1)N(C)CCn1cc(C(=O)O)nn1. The van der Waals surface area contributed by atoms with Crippen molar-refractivity contribution in [3.8, 4) is 0 Å². The average Bonchev–Trinajstić information content (AvgIpc) is 3.05. The van der Waals surface area contributed by atoms with Crippen molar-refractivity contribution in [3.63, 3.8) is 0 Å². The highest BCUT2D eigenvalue weighted by Crippen LogP contribution is 2.22. The van der Waals surface area contributed by atoms with Crippen LogP contribution in [-0.2, 0) is 6.54 Å². The molecule has 102 valence electrons. The van der Waals surface area contributed by atoms with Gasteiger partial charge < -0.3 is 5.11 Å². The number of rotatable bonds is 6. The maximum Gasteiger partial charge on any atom is 0.358 e. The summed E-state index contributed by atoms with van der Waals surface area (Å²) in [6, 6.07) is 4.49. The van der Waals surface area contributed by atoms with Gasteiger partial charge in [0.1, 0.15) is 0 Å². The van der Waals surface area contributed by atoms with Gasteiger partial charge in [0, 0.05) is 17.5 Å². The molecule has 19 heavy (non-hydrogen) atoms. The van der Waals surface area contributed by atoms with Crippen LogP contribution in [0.15, 0.2) is 23.7 Å². The van der Waals surface area contributed by atoms with E-state index in [1.807, 2.05) is 13.1 Å². The van der Waals surface area contributed by atoms with Gasteiger partial charge in [-0.3, -0.25) is 9.58 Å². The number of carbonyl (C=O) groups is 1. The summed E-state index contributed by atoms with van der Waals surface area (Å²) in [7, 11) is 2.04. The van der Waals surface area contributed by atoms with Gasteiger partial charge in [0.15, 0.2) is 5.69 Å². The molecule has 7 heteroatoms. The molecule has 0 spiro atoms. The average molecular weight is 280 g/mol. The standard InChI is InChI=1S/C12H16N4O2S/c1-9(11-4-3-7-19-11)15(2)5-6-16-8-10(12(17)18)13-14-16/h3-4,7-9H,5-6H2,1-2H3,(H,17,18). The van der Waals surface area contributed by atoms with Crippen LogP contribution in [0.5, 0.6) is 0 Å². The zero-order valence-corrected chi connectivity index (χ0v) is 11.7. The van der Waals surface area contributed by atoms with Crippen molar-refractivity contribution in [2.45, 2.75) is 19.5 Å². The molecule has 0 aliphatic rings. The summed E-state index contributed by atoms with van der Waals surface area (Å²) in [6.07, 6.45) is 1.45. The van der Waals surface area contributed by atoms with Crippen LogP contribution in [0.25, 0.3) is 0 Å². The second kappa shape index (κ2) is 5.94. The second-order valence-electron chi connectivity index (χ2n) is 4.34. The quantitative estimate of drug-likeness (QED) is 0.872. The van der Waals surface area contributed by atoms with Crippen LogP contribution < -0.4 is 0 Å². The summed E-state index contributed by atoms with van der Waals surface area (Å²) in [4.78, 5) is 14.2. The van der Waals surface area contributed by atoms with Crippen molar-refractivity contribution < 1.29 is 9.90 Å². The lowest BCUT2D eigenvalue weighted by atomic mass is 10.2. The first kappa shape index (κ1) is 13.7. The van der Waals surface area contributed by atoms with Gasteiger partial charge in [-0.05, 0) is 25.4 Å². The maximum atomic E-state index is 10.7. The topological polar surface area (TPSA) is 71.2 Å². The molecule has 0 bridgehead atoms. The molecule has 1 unspecified atom stereocenters. The Labute approximate surface area is 115 Å². The van der Waals surface area contributed by atoms with Gasteiger partial charge in [-0.2, -0.15) is 0 Å². The van der Waals surface area contributed by atoms with Crippen molar-refractivity contribution in [1.82, 2.24) is 19.9 Å². The molecule has 2 heterocycles. The molecule has 0 aliphatic carbocycles. The molecule has 6 nitrogen and oxygen atoms in total. The van der Waals surface area contributed by atoms with Crippen LogP contribution >= 0.6 is 11.3 Å². The van der Waals surface area contributed by atoms with Gasteiger partial charge in [-0.15, -0.1) is 16.4 Å². The number of aromatic nitrogens is 3. The minimum Gasteiger partial charge on any atom is -0.476 e. The third-order valence-electron chi connectivity index (χ3n) is 3.06. The van der Waals surface area contributed by atoms with E-state index >= 15 is 0 Å². The van der Waals surface area contributed by atoms with Crippen LogP contribution in [0, 0.1) is 0 Å². The van der Waals surface area contributed by atoms with Crippen LogP contribution in [-0.4, -0.2) is 44.6 Å². The van der Waals surface area contributed by atoms with E-state index in [9.17, 15) is 4.79 Å². The Morgan fingerprint density at radius 2 is 2.42 bits per heavy atom. The number of carboxylic acids is 1. The molecule has 0 fully saturated rings. The molecule has 1 atom stereocenters. The highest BCUT2D eigenvalue weighted by Gasteiger charge is 2.13. The number of thiophene rings is 1. The number of hydrogen-bond donors (Lipinski definition) is 1. The normalized spacial score (nSPS) is 12.8. The van der Waals surface area contributed by atoms with Gasteiger partial charge in [0.2, 0.25) is 0 Å². The van der Waals surface area contributed by atoms with E-state index in [1.54, 1.807) is 16.0 Å². The summed E-state index contributed by atoms with van der Waals surface area (Å²) in [5.41, 5.74) is -0.0195. The predicted octanol–water partition coefficient (Wildman–Crippen LogP) is 1.73. The summed E-state index contributed by atoms with van der Waals surface area (Å²) in [5.74, 6) is -1.05. The van der Waals surface area contributed by atoms with Crippen LogP contribution in [0.4, 0.5) is 0 Å². The molecular formula is C12H16N4O2S. The molecule has 2 rings (SSSR count). The van der Waals surface area contributed by atoms with E-state index in [2.05, 4.69) is 33.6 Å². The summed E-state index contributed by atoms with van der Waals surface area (Å²) in [6.45, 7) is 3.55. The first-order chi connectivity index (χ1) is 9.08. The molecule has 1 N–H and O–H groups in total. The molecule has 0 aliphatic heterocycles. The molecule has 0 saturated heterocycles. The van der Waals surface area contributed by atoms with E-state index in [0.29, 0.717) is 12.6 Å². The largest absolute Gasteiger partial charge is 0.476 e. The maximum absolute atomic E-state index is 10.7. The van der Waals surface area contributed by atoms with E-state index in [-0.39, 0.29) is 5.69 Å². The Kier molecular flexibility index (Phi) is 4.28. The molecule has 0 amide bonds. The Morgan fingerprint density at radius 3 is 3.00 bits per heavy atom. The zero-order valence-electron chi connectivity index (χ0n) is 10.9. The molecule has 2 aromatic rings. The number of carboxylic acid groups (broad SMARTS) is 1. The number of aromatic carboxylic acids is 1. The van der Waals surface area contributed by atoms with Crippen LogP contribution in [0.2, 0.25) is 0 Å². The van der Waals surface area contributed by atoms with Crippen molar-refractivity contribution in [2.75, 3.05) is 13.6 Å². The smallest absolute Gasteiger partial charge is 0.358 e. The number of likely N-dealkylation sites (N-methyl/N-ethyl adjacent to an activating group) is 1. The van der Waals surface area contributed by atoms with E-state index in [4.69, 9.17) is 5.11 Å². The van der Waals surface area contributed by atoms with Crippen LogP contribution in [0.3, 0.4) is 0 Å². The Bertz CT molecular complexity index is 538. The lowest BCUT2D eigenvalue weighted by molar-refractivity contribution is 0.0690. The van der Waals surface area contributed by atoms with Gasteiger partial charge in [-0.1, -0.05) is 11.3 Å². The monoisotopic (exact) mass is 280 g/mol. The Morgan fingerprint density at radius 1 is 1.63 bits per heavy atom. The summed E-state index contributed by atoms with van der Waals surface area (Å²) < 4.78 is 1.56. The third kappa shape index (κ3) is 3.39. The third-order valence-corrected chi connectivity index (χ3v) is 4.10. The van der Waals surface area contributed by atoms with Gasteiger partial charge in [0.05, 0.1) is 12.7 Å². The van der Waals surface area contributed by atoms with Crippen LogP contribution in [0.1, 0.15) is 28.3 Å². The van der Waals surface area contributed by atoms with Gasteiger partial charge >= 0.3 is 5.97 Å². The lowest BCUT2D eigenvalue weighted by Crippen LogP contribution is -2.26.